The van der Waals surface area contributed by atoms with E-state index >= 15 is 0 Å². The Balaban J connectivity index is 1.45. The van der Waals surface area contributed by atoms with Crippen LogP contribution >= 0.6 is 0 Å². The Morgan fingerprint density at radius 1 is 1.11 bits per heavy atom. The summed E-state index contributed by atoms with van der Waals surface area (Å²) in [6.07, 6.45) is -2.01. The van der Waals surface area contributed by atoms with E-state index in [0.29, 0.717) is 13.0 Å². The Labute approximate surface area is 151 Å². The Morgan fingerprint density at radius 3 is 2.74 bits per heavy atom. The van der Waals surface area contributed by atoms with E-state index in [4.69, 9.17) is 0 Å². The molecule has 5 nitrogen and oxygen atoms in total. The van der Waals surface area contributed by atoms with Crippen molar-refractivity contribution in [2.75, 3.05) is 6.54 Å². The average molecular weight is 372 g/mol. The Bertz CT molecular complexity index is 1130. The molecule has 1 amide bonds. The molecule has 0 radical (unpaired) electrons. The number of halogens is 3. The predicted molar refractivity (Wildman–Crippen MR) is 95.4 cm³/mol. The molecular formula is C19H15F3N4O. The first-order valence-electron chi connectivity index (χ1n) is 8.32. The van der Waals surface area contributed by atoms with E-state index in [1.54, 1.807) is 0 Å². The third kappa shape index (κ3) is 3.38. The lowest BCUT2D eigenvalue weighted by Gasteiger charge is -2.05. The molecule has 3 N–H and O–H groups in total. The van der Waals surface area contributed by atoms with Crippen LogP contribution in [0.4, 0.5) is 13.2 Å². The summed E-state index contributed by atoms with van der Waals surface area (Å²) >= 11 is 0. The summed E-state index contributed by atoms with van der Waals surface area (Å²) in [6.45, 7) is 0.412. The zero-order chi connectivity index (χ0) is 19.0. The Morgan fingerprint density at radius 2 is 1.93 bits per heavy atom. The highest BCUT2D eigenvalue weighted by atomic mass is 19.4. The molecule has 4 aromatic rings. The zero-order valence-electron chi connectivity index (χ0n) is 14.0. The Hall–Kier alpha value is -3.29. The summed E-state index contributed by atoms with van der Waals surface area (Å²) in [5, 5.41) is 3.90. The molecule has 8 heteroatoms. The van der Waals surface area contributed by atoms with E-state index in [-0.39, 0.29) is 22.5 Å². The molecule has 2 aromatic carbocycles. The number of para-hydroxylation sites is 1. The van der Waals surface area contributed by atoms with Gasteiger partial charge in [-0.3, -0.25) is 4.79 Å². The van der Waals surface area contributed by atoms with Gasteiger partial charge in [-0.1, -0.05) is 18.2 Å². The molecule has 0 fully saturated rings. The maximum Gasteiger partial charge on any atom is 0.449 e. The molecule has 0 bridgehead atoms. The van der Waals surface area contributed by atoms with Gasteiger partial charge in [0.1, 0.15) is 0 Å². The lowest BCUT2D eigenvalue weighted by atomic mass is 10.1. The number of alkyl halides is 3. The van der Waals surface area contributed by atoms with Crippen LogP contribution in [0.2, 0.25) is 0 Å². The van der Waals surface area contributed by atoms with Crippen molar-refractivity contribution in [2.24, 2.45) is 0 Å². The minimum absolute atomic E-state index is 0.165. The van der Waals surface area contributed by atoms with E-state index in [2.05, 4.69) is 20.3 Å². The number of H-pyrrole nitrogens is 2. The van der Waals surface area contributed by atoms with Crippen molar-refractivity contribution in [3.05, 3.63) is 65.6 Å². The van der Waals surface area contributed by atoms with Crippen molar-refractivity contribution in [3.8, 4) is 0 Å². The van der Waals surface area contributed by atoms with Crippen LogP contribution in [0.15, 0.2) is 48.7 Å². The summed E-state index contributed by atoms with van der Waals surface area (Å²) in [7, 11) is 0. The van der Waals surface area contributed by atoms with Gasteiger partial charge in [0, 0.05) is 29.2 Å². The molecule has 0 saturated heterocycles. The monoisotopic (exact) mass is 372 g/mol. The lowest BCUT2D eigenvalue weighted by Crippen LogP contribution is -2.25. The van der Waals surface area contributed by atoms with Crippen LogP contribution in [-0.2, 0) is 12.6 Å². The quantitative estimate of drug-likeness (QED) is 0.506. The van der Waals surface area contributed by atoms with Gasteiger partial charge < -0.3 is 15.3 Å². The second-order valence-corrected chi connectivity index (χ2v) is 6.18. The van der Waals surface area contributed by atoms with Gasteiger partial charge in [0.2, 0.25) is 5.82 Å². The molecule has 0 atom stereocenters. The van der Waals surface area contributed by atoms with Crippen molar-refractivity contribution in [2.45, 2.75) is 12.6 Å². The molecule has 4 rings (SSSR count). The zero-order valence-corrected chi connectivity index (χ0v) is 14.0. The first-order valence-corrected chi connectivity index (χ1v) is 8.32. The summed E-state index contributed by atoms with van der Waals surface area (Å²) in [4.78, 5) is 21.2. The number of imidazole rings is 1. The van der Waals surface area contributed by atoms with E-state index in [1.807, 2.05) is 30.5 Å². The van der Waals surface area contributed by atoms with Crippen LogP contribution < -0.4 is 5.32 Å². The van der Waals surface area contributed by atoms with Crippen molar-refractivity contribution in [3.63, 3.8) is 0 Å². The number of benzene rings is 2. The number of hydrogen-bond acceptors (Lipinski definition) is 2. The van der Waals surface area contributed by atoms with E-state index < -0.39 is 12.0 Å². The molecule has 0 aliphatic rings. The number of nitrogens with zero attached hydrogens (tertiary/aromatic N) is 1. The SMILES string of the molecule is O=C(NCCc1c[nH]c2ccccc12)c1ccc2nc(C(F)(F)F)[nH]c2c1. The number of carbonyl (C=O) groups excluding carboxylic acids is 1. The molecular weight excluding hydrogens is 357 g/mol. The van der Waals surface area contributed by atoms with Gasteiger partial charge in [0.25, 0.3) is 5.91 Å². The average Bonchev–Trinajstić information content (AvgIpc) is 3.25. The normalized spacial score (nSPS) is 12.0. The standard InChI is InChI=1S/C19H15F3N4O/c20-19(21,22)18-25-15-6-5-11(9-16(15)26-18)17(27)23-8-7-12-10-24-14-4-2-1-3-13(12)14/h1-6,9-10,24H,7-8H2,(H,23,27)(H,25,26). The topological polar surface area (TPSA) is 73.6 Å². The summed E-state index contributed by atoms with van der Waals surface area (Å²) < 4.78 is 38.2. The summed E-state index contributed by atoms with van der Waals surface area (Å²) in [6, 6.07) is 12.1. The second kappa shape index (κ2) is 6.46. The molecule has 0 saturated carbocycles. The highest BCUT2D eigenvalue weighted by Gasteiger charge is 2.34. The van der Waals surface area contributed by atoms with Gasteiger partial charge in [-0.15, -0.1) is 0 Å². The first kappa shape index (κ1) is 17.1. The number of amides is 1. The van der Waals surface area contributed by atoms with Crippen molar-refractivity contribution in [1.82, 2.24) is 20.3 Å². The fourth-order valence-electron chi connectivity index (χ4n) is 3.04. The molecule has 0 spiro atoms. The first-order chi connectivity index (χ1) is 12.9. The van der Waals surface area contributed by atoms with Crippen LogP contribution in [-0.4, -0.2) is 27.4 Å². The van der Waals surface area contributed by atoms with Crippen LogP contribution in [0.5, 0.6) is 0 Å². The molecule has 2 aromatic heterocycles. The van der Waals surface area contributed by atoms with Crippen molar-refractivity contribution < 1.29 is 18.0 Å². The van der Waals surface area contributed by atoms with Crippen molar-refractivity contribution in [1.29, 1.82) is 0 Å². The van der Waals surface area contributed by atoms with Gasteiger partial charge in [0.05, 0.1) is 11.0 Å². The molecule has 138 valence electrons. The fourth-order valence-corrected chi connectivity index (χ4v) is 3.04. The van der Waals surface area contributed by atoms with Gasteiger partial charge in [-0.25, -0.2) is 4.98 Å². The van der Waals surface area contributed by atoms with Gasteiger partial charge in [0.15, 0.2) is 0 Å². The second-order valence-electron chi connectivity index (χ2n) is 6.18. The fraction of sp³-hybridized carbons (Fsp3) is 0.158. The van der Waals surface area contributed by atoms with E-state index in [1.165, 1.54) is 18.2 Å². The third-order valence-corrected chi connectivity index (χ3v) is 4.37. The van der Waals surface area contributed by atoms with Gasteiger partial charge in [-0.2, -0.15) is 13.2 Å². The van der Waals surface area contributed by atoms with E-state index in [0.717, 1.165) is 16.5 Å². The number of rotatable bonds is 4. The number of carbonyl (C=O) groups is 1. The number of hydrogen-bond donors (Lipinski definition) is 3. The number of fused-ring (bicyclic) bond motifs is 2. The van der Waals surface area contributed by atoms with Crippen LogP contribution in [0.25, 0.3) is 21.9 Å². The van der Waals surface area contributed by atoms with E-state index in [9.17, 15) is 18.0 Å². The minimum atomic E-state index is -4.55. The number of aromatic amines is 2. The van der Waals surface area contributed by atoms with Crippen LogP contribution in [0, 0.1) is 0 Å². The highest BCUT2D eigenvalue weighted by Crippen LogP contribution is 2.28. The molecule has 2 heterocycles. The minimum Gasteiger partial charge on any atom is -0.361 e. The lowest BCUT2D eigenvalue weighted by molar-refractivity contribution is -0.144. The molecule has 27 heavy (non-hydrogen) atoms. The maximum atomic E-state index is 12.7. The Kier molecular flexibility index (Phi) is 4.10. The largest absolute Gasteiger partial charge is 0.449 e. The molecule has 0 unspecified atom stereocenters. The smallest absolute Gasteiger partial charge is 0.361 e. The van der Waals surface area contributed by atoms with Gasteiger partial charge >= 0.3 is 6.18 Å². The predicted octanol–water partition coefficient (Wildman–Crippen LogP) is 4.04. The van der Waals surface area contributed by atoms with Crippen molar-refractivity contribution >= 4 is 27.8 Å². The summed E-state index contributed by atoms with van der Waals surface area (Å²) in [5.74, 6) is -1.42. The van der Waals surface area contributed by atoms with Crippen LogP contribution in [0.1, 0.15) is 21.7 Å². The van der Waals surface area contributed by atoms with Crippen LogP contribution in [0.3, 0.4) is 0 Å². The number of nitrogens with one attached hydrogen (secondary N) is 3. The van der Waals surface area contributed by atoms with Gasteiger partial charge in [-0.05, 0) is 36.2 Å². The third-order valence-electron chi connectivity index (χ3n) is 4.37. The molecule has 0 aliphatic heterocycles. The summed E-state index contributed by atoms with van der Waals surface area (Å²) in [5.41, 5.74) is 2.73. The maximum absolute atomic E-state index is 12.7. The molecule has 0 aliphatic carbocycles. The number of aromatic nitrogens is 3. The highest BCUT2D eigenvalue weighted by molar-refractivity contribution is 5.97.